The van der Waals surface area contributed by atoms with Gasteiger partial charge in [0.05, 0.1) is 5.92 Å². The Balaban J connectivity index is 1.96. The number of carbonyl (C=O) groups excluding carboxylic acids is 2. The standard InChI is InChI=1S/C20H28N2O2/c1-4-18(17-10-6-5-7-11-17)20(24)22-12-8-9-16(14-22)13-21-19(23)15(2)3/h4-7,10-11,15-16,18H,1,8-9,12-14H2,2-3H3,(H,21,23). The Morgan fingerprint density at radius 3 is 2.67 bits per heavy atom. The van der Waals surface area contributed by atoms with E-state index in [0.29, 0.717) is 19.0 Å². The van der Waals surface area contributed by atoms with Crippen molar-refractivity contribution in [3.63, 3.8) is 0 Å². The fraction of sp³-hybridized carbons (Fsp3) is 0.500. The number of amides is 2. The van der Waals surface area contributed by atoms with Crippen LogP contribution in [0.3, 0.4) is 0 Å². The first kappa shape index (κ1) is 18.2. The van der Waals surface area contributed by atoms with Crippen LogP contribution >= 0.6 is 0 Å². The van der Waals surface area contributed by atoms with Crippen molar-refractivity contribution in [1.82, 2.24) is 10.2 Å². The molecule has 2 amide bonds. The van der Waals surface area contributed by atoms with Gasteiger partial charge in [-0.15, -0.1) is 6.58 Å². The van der Waals surface area contributed by atoms with Crippen LogP contribution < -0.4 is 5.32 Å². The highest BCUT2D eigenvalue weighted by Gasteiger charge is 2.28. The van der Waals surface area contributed by atoms with Crippen molar-refractivity contribution in [3.05, 3.63) is 48.6 Å². The van der Waals surface area contributed by atoms with Crippen molar-refractivity contribution in [1.29, 1.82) is 0 Å². The van der Waals surface area contributed by atoms with Crippen molar-refractivity contribution in [2.45, 2.75) is 32.6 Å². The Bertz CT molecular complexity index is 568. The van der Waals surface area contributed by atoms with Crippen LogP contribution in [0.5, 0.6) is 0 Å². The lowest BCUT2D eigenvalue weighted by molar-refractivity contribution is -0.133. The summed E-state index contributed by atoms with van der Waals surface area (Å²) in [6, 6.07) is 9.77. The summed E-state index contributed by atoms with van der Waals surface area (Å²) in [6.45, 7) is 9.75. The summed E-state index contributed by atoms with van der Waals surface area (Å²) < 4.78 is 0. The topological polar surface area (TPSA) is 49.4 Å². The van der Waals surface area contributed by atoms with Gasteiger partial charge in [0.1, 0.15) is 0 Å². The number of carbonyl (C=O) groups is 2. The highest BCUT2D eigenvalue weighted by atomic mass is 16.2. The van der Waals surface area contributed by atoms with E-state index in [1.807, 2.05) is 49.1 Å². The van der Waals surface area contributed by atoms with Gasteiger partial charge < -0.3 is 10.2 Å². The number of hydrogen-bond donors (Lipinski definition) is 1. The number of likely N-dealkylation sites (tertiary alicyclic amines) is 1. The second kappa shape index (κ2) is 8.67. The Labute approximate surface area is 144 Å². The zero-order valence-electron chi connectivity index (χ0n) is 14.7. The van der Waals surface area contributed by atoms with Crippen LogP contribution in [0, 0.1) is 11.8 Å². The summed E-state index contributed by atoms with van der Waals surface area (Å²) >= 11 is 0. The first-order valence-electron chi connectivity index (χ1n) is 8.77. The Kier molecular flexibility index (Phi) is 6.59. The molecule has 2 unspecified atom stereocenters. The van der Waals surface area contributed by atoms with Crippen LogP contribution in [0.25, 0.3) is 0 Å². The van der Waals surface area contributed by atoms with E-state index in [9.17, 15) is 9.59 Å². The minimum atomic E-state index is -0.296. The van der Waals surface area contributed by atoms with Gasteiger partial charge in [0.15, 0.2) is 0 Å². The SMILES string of the molecule is C=CC(C(=O)N1CCCC(CNC(=O)C(C)C)C1)c1ccccc1. The van der Waals surface area contributed by atoms with Crippen molar-refractivity contribution in [2.24, 2.45) is 11.8 Å². The van der Waals surface area contributed by atoms with Gasteiger partial charge in [0, 0.05) is 25.6 Å². The zero-order chi connectivity index (χ0) is 17.5. The van der Waals surface area contributed by atoms with Gasteiger partial charge in [-0.25, -0.2) is 0 Å². The van der Waals surface area contributed by atoms with Crippen molar-refractivity contribution in [2.75, 3.05) is 19.6 Å². The number of hydrogen-bond acceptors (Lipinski definition) is 2. The van der Waals surface area contributed by atoms with Crippen LogP contribution in [-0.4, -0.2) is 36.3 Å². The lowest BCUT2D eigenvalue weighted by Crippen LogP contribution is -2.45. The molecule has 4 heteroatoms. The summed E-state index contributed by atoms with van der Waals surface area (Å²) in [5, 5.41) is 2.99. The average molecular weight is 328 g/mol. The highest BCUT2D eigenvalue weighted by molar-refractivity contribution is 5.85. The molecule has 2 rings (SSSR count). The molecule has 4 nitrogen and oxygen atoms in total. The van der Waals surface area contributed by atoms with Crippen LogP contribution in [0.1, 0.15) is 38.2 Å². The molecule has 1 N–H and O–H groups in total. The summed E-state index contributed by atoms with van der Waals surface area (Å²) in [4.78, 5) is 26.6. The molecule has 0 aliphatic carbocycles. The normalized spacial score (nSPS) is 19.0. The van der Waals surface area contributed by atoms with E-state index in [1.54, 1.807) is 6.08 Å². The zero-order valence-corrected chi connectivity index (χ0v) is 14.7. The maximum absolute atomic E-state index is 12.9. The monoisotopic (exact) mass is 328 g/mol. The minimum Gasteiger partial charge on any atom is -0.356 e. The third-order valence-corrected chi connectivity index (χ3v) is 4.58. The molecule has 0 radical (unpaired) electrons. The Morgan fingerprint density at radius 1 is 1.33 bits per heavy atom. The molecule has 0 bridgehead atoms. The second-order valence-electron chi connectivity index (χ2n) is 6.82. The number of nitrogens with one attached hydrogen (secondary N) is 1. The molecule has 0 aromatic heterocycles. The maximum Gasteiger partial charge on any atom is 0.233 e. The molecule has 0 spiro atoms. The molecule has 1 aromatic rings. The van der Waals surface area contributed by atoms with Gasteiger partial charge in [0.2, 0.25) is 11.8 Å². The quantitative estimate of drug-likeness (QED) is 0.816. The molecule has 130 valence electrons. The lowest BCUT2D eigenvalue weighted by Gasteiger charge is -2.34. The summed E-state index contributed by atoms with van der Waals surface area (Å²) in [5.74, 6) is 0.208. The van der Waals surface area contributed by atoms with Crippen molar-refractivity contribution in [3.8, 4) is 0 Å². The molecule has 1 fully saturated rings. The Morgan fingerprint density at radius 2 is 2.04 bits per heavy atom. The summed E-state index contributed by atoms with van der Waals surface area (Å²) in [5.41, 5.74) is 0.979. The van der Waals surface area contributed by atoms with Gasteiger partial charge in [-0.1, -0.05) is 50.3 Å². The fourth-order valence-corrected chi connectivity index (χ4v) is 3.12. The van der Waals surface area contributed by atoms with E-state index in [4.69, 9.17) is 0 Å². The maximum atomic E-state index is 12.9. The molecular formula is C20H28N2O2. The number of nitrogens with zero attached hydrogens (tertiary/aromatic N) is 1. The van der Waals surface area contributed by atoms with Gasteiger partial charge >= 0.3 is 0 Å². The van der Waals surface area contributed by atoms with Crippen LogP contribution in [0.15, 0.2) is 43.0 Å². The average Bonchev–Trinajstić information content (AvgIpc) is 2.61. The van der Waals surface area contributed by atoms with E-state index in [0.717, 1.165) is 24.9 Å². The van der Waals surface area contributed by atoms with Gasteiger partial charge in [-0.3, -0.25) is 9.59 Å². The minimum absolute atomic E-state index is 0.00504. The number of piperidine rings is 1. The molecular weight excluding hydrogens is 300 g/mol. The predicted octanol–water partition coefficient (Wildman–Crippen LogP) is 2.97. The first-order chi connectivity index (χ1) is 11.5. The van der Waals surface area contributed by atoms with Crippen LogP contribution in [-0.2, 0) is 9.59 Å². The molecule has 0 saturated carbocycles. The second-order valence-corrected chi connectivity index (χ2v) is 6.82. The molecule has 1 heterocycles. The summed E-state index contributed by atoms with van der Waals surface area (Å²) in [7, 11) is 0. The Hall–Kier alpha value is -2.10. The van der Waals surface area contributed by atoms with Gasteiger partial charge in [0.25, 0.3) is 0 Å². The van der Waals surface area contributed by atoms with Crippen molar-refractivity contribution < 1.29 is 9.59 Å². The highest BCUT2D eigenvalue weighted by Crippen LogP contribution is 2.23. The number of rotatable bonds is 6. The van der Waals surface area contributed by atoms with E-state index >= 15 is 0 Å². The third-order valence-electron chi connectivity index (χ3n) is 4.58. The largest absolute Gasteiger partial charge is 0.356 e. The number of benzene rings is 1. The molecule has 2 atom stereocenters. The van der Waals surface area contributed by atoms with Gasteiger partial charge in [-0.2, -0.15) is 0 Å². The smallest absolute Gasteiger partial charge is 0.233 e. The predicted molar refractivity (Wildman–Crippen MR) is 96.5 cm³/mol. The third kappa shape index (κ3) is 4.70. The molecule has 1 saturated heterocycles. The first-order valence-corrected chi connectivity index (χ1v) is 8.77. The van der Waals surface area contributed by atoms with E-state index < -0.39 is 0 Å². The fourth-order valence-electron chi connectivity index (χ4n) is 3.12. The van der Waals surface area contributed by atoms with Crippen LogP contribution in [0.2, 0.25) is 0 Å². The van der Waals surface area contributed by atoms with E-state index in [1.165, 1.54) is 0 Å². The molecule has 1 aliphatic rings. The summed E-state index contributed by atoms with van der Waals surface area (Å²) in [6.07, 6.45) is 3.75. The van der Waals surface area contributed by atoms with E-state index in [-0.39, 0.29) is 23.7 Å². The molecule has 24 heavy (non-hydrogen) atoms. The van der Waals surface area contributed by atoms with Gasteiger partial charge in [-0.05, 0) is 24.3 Å². The lowest BCUT2D eigenvalue weighted by atomic mass is 9.93. The van der Waals surface area contributed by atoms with Crippen LogP contribution in [0.4, 0.5) is 0 Å². The van der Waals surface area contributed by atoms with Crippen molar-refractivity contribution >= 4 is 11.8 Å². The van der Waals surface area contributed by atoms with E-state index in [2.05, 4.69) is 11.9 Å². The molecule has 1 aliphatic heterocycles. The molecule has 1 aromatic carbocycles.